The molecule has 1 atom stereocenters. The van der Waals surface area contributed by atoms with Crippen LogP contribution in [0.4, 0.5) is 5.69 Å². The summed E-state index contributed by atoms with van der Waals surface area (Å²) in [4.78, 5) is 10.4. The van der Waals surface area contributed by atoms with Gasteiger partial charge in [-0.1, -0.05) is 0 Å². The van der Waals surface area contributed by atoms with Gasteiger partial charge in [0.05, 0.1) is 12.5 Å². The molecule has 1 rings (SSSR count). The van der Waals surface area contributed by atoms with Gasteiger partial charge in [-0.25, -0.2) is 0 Å². The Balaban J connectivity index is 3.04. The van der Waals surface area contributed by atoms with Crippen molar-refractivity contribution in [1.82, 2.24) is 0 Å². The molecule has 3 nitrogen and oxygen atoms in total. The third-order valence-electron chi connectivity index (χ3n) is 1.99. The fraction of sp³-hybridized carbons (Fsp3) is 0.300. The molecular weight excluding hydrogens is 281 g/mol. The molecule has 0 fully saturated rings. The van der Waals surface area contributed by atoms with E-state index < -0.39 is 5.38 Å². The number of ether oxygens (including phenoxy) is 1. The summed E-state index contributed by atoms with van der Waals surface area (Å²) >= 11 is 9.05. The van der Waals surface area contributed by atoms with Crippen LogP contribution in [0, 0.1) is 0 Å². The molecular formula is C10H11BrClNO2. The van der Waals surface area contributed by atoms with Crippen molar-refractivity contribution >= 4 is 39.5 Å². The van der Waals surface area contributed by atoms with Crippen molar-refractivity contribution in [3.05, 3.63) is 22.2 Å². The quantitative estimate of drug-likeness (QED) is 0.527. The third kappa shape index (κ3) is 3.11. The molecule has 0 aliphatic rings. The van der Waals surface area contributed by atoms with Gasteiger partial charge in [0.15, 0.2) is 0 Å². The molecule has 0 amide bonds. The monoisotopic (exact) mass is 291 g/mol. The normalized spacial score (nSPS) is 12.2. The Kier molecular flexibility index (Phi) is 4.42. The Morgan fingerprint density at radius 1 is 1.67 bits per heavy atom. The second-order valence-electron chi connectivity index (χ2n) is 3.04. The van der Waals surface area contributed by atoms with Gasteiger partial charge in [-0.15, -0.1) is 11.6 Å². The van der Waals surface area contributed by atoms with Crippen LogP contribution in [0.3, 0.4) is 0 Å². The number of benzene rings is 1. The number of nitrogen functional groups attached to an aromatic ring is 1. The number of rotatable bonds is 4. The molecule has 0 saturated carbocycles. The van der Waals surface area contributed by atoms with Crippen LogP contribution in [-0.2, 0) is 11.2 Å². The number of carbonyl (C=O) groups is 1. The molecule has 0 spiro atoms. The summed E-state index contributed by atoms with van der Waals surface area (Å²) in [6, 6.07) is 3.54. The highest BCUT2D eigenvalue weighted by Gasteiger charge is 2.11. The number of alkyl halides is 1. The summed E-state index contributed by atoms with van der Waals surface area (Å²) in [7, 11) is 1.57. The maximum absolute atomic E-state index is 10.4. The largest absolute Gasteiger partial charge is 0.497 e. The Morgan fingerprint density at radius 3 is 2.87 bits per heavy atom. The number of hydrogen-bond donors (Lipinski definition) is 1. The van der Waals surface area contributed by atoms with Crippen LogP contribution in [0.2, 0.25) is 0 Å². The van der Waals surface area contributed by atoms with Gasteiger partial charge in [-0.2, -0.15) is 0 Å². The molecule has 0 unspecified atom stereocenters. The number of hydrogen-bond acceptors (Lipinski definition) is 3. The van der Waals surface area contributed by atoms with Crippen LogP contribution in [0.25, 0.3) is 0 Å². The molecule has 5 heteroatoms. The number of halogens is 2. The number of nitrogens with two attached hydrogens (primary N) is 1. The molecule has 2 N–H and O–H groups in total. The number of anilines is 1. The minimum absolute atomic E-state index is 0.396. The van der Waals surface area contributed by atoms with Gasteiger partial charge in [-0.3, -0.25) is 0 Å². The van der Waals surface area contributed by atoms with Crippen LogP contribution in [0.1, 0.15) is 5.56 Å². The highest BCUT2D eigenvalue weighted by molar-refractivity contribution is 9.10. The SMILES string of the molecule is COc1cc(Br)c(N)c(C[C@H](Cl)C=O)c1. The molecule has 0 bridgehead atoms. The minimum atomic E-state index is -0.564. The lowest BCUT2D eigenvalue weighted by Gasteiger charge is -2.10. The van der Waals surface area contributed by atoms with Gasteiger partial charge < -0.3 is 15.3 Å². The first-order valence-corrected chi connectivity index (χ1v) is 5.52. The van der Waals surface area contributed by atoms with Crippen LogP contribution in [-0.4, -0.2) is 18.8 Å². The fourth-order valence-corrected chi connectivity index (χ4v) is 1.84. The van der Waals surface area contributed by atoms with Crippen LogP contribution >= 0.6 is 27.5 Å². The summed E-state index contributed by atoms with van der Waals surface area (Å²) < 4.78 is 5.83. The fourth-order valence-electron chi connectivity index (χ4n) is 1.19. The van der Waals surface area contributed by atoms with Crippen molar-refractivity contribution in [2.75, 3.05) is 12.8 Å². The predicted octanol–water partition coefficient (Wildman–Crippen LogP) is 2.39. The summed E-state index contributed by atoms with van der Waals surface area (Å²) in [5.41, 5.74) is 7.22. The molecule has 82 valence electrons. The lowest BCUT2D eigenvalue weighted by molar-refractivity contribution is -0.107. The topological polar surface area (TPSA) is 52.3 Å². The van der Waals surface area contributed by atoms with E-state index in [1.165, 1.54) is 0 Å². The average molecular weight is 293 g/mol. The van der Waals surface area contributed by atoms with Crippen LogP contribution < -0.4 is 10.5 Å². The molecule has 0 aliphatic carbocycles. The van der Waals surface area contributed by atoms with E-state index in [-0.39, 0.29) is 0 Å². The molecule has 0 aromatic heterocycles. The first-order chi connectivity index (χ1) is 7.08. The van der Waals surface area contributed by atoms with Crippen molar-refractivity contribution in [1.29, 1.82) is 0 Å². The van der Waals surface area contributed by atoms with Crippen molar-refractivity contribution in [3.63, 3.8) is 0 Å². The Bertz CT molecular complexity index is 371. The minimum Gasteiger partial charge on any atom is -0.497 e. The molecule has 1 aromatic rings. The zero-order valence-electron chi connectivity index (χ0n) is 8.17. The van der Waals surface area contributed by atoms with E-state index in [9.17, 15) is 4.79 Å². The zero-order chi connectivity index (χ0) is 11.4. The zero-order valence-corrected chi connectivity index (χ0v) is 10.5. The number of methoxy groups -OCH3 is 1. The van der Waals surface area contributed by atoms with E-state index in [1.807, 2.05) is 0 Å². The summed E-state index contributed by atoms with van der Waals surface area (Å²) in [6.07, 6.45) is 1.08. The molecule has 0 aliphatic heterocycles. The van der Waals surface area contributed by atoms with Crippen molar-refractivity contribution in [3.8, 4) is 5.75 Å². The summed E-state index contributed by atoms with van der Waals surface area (Å²) in [5, 5.41) is -0.564. The lowest BCUT2D eigenvalue weighted by Crippen LogP contribution is -2.07. The molecule has 1 aromatic carbocycles. The van der Waals surface area contributed by atoms with Gasteiger partial charge in [0, 0.05) is 10.2 Å². The van der Waals surface area contributed by atoms with E-state index in [1.54, 1.807) is 19.2 Å². The Morgan fingerprint density at radius 2 is 2.33 bits per heavy atom. The van der Waals surface area contributed by atoms with Gasteiger partial charge in [0.1, 0.15) is 12.0 Å². The molecule has 0 saturated heterocycles. The standard InChI is InChI=1S/C10H11BrClNO2/c1-15-8-3-6(2-7(12)5-14)10(13)9(11)4-8/h3-5,7H,2,13H2,1H3/t7-/m0/s1. The molecule has 0 heterocycles. The first kappa shape index (κ1) is 12.3. The van der Waals surface area contributed by atoms with Crippen molar-refractivity contribution in [2.24, 2.45) is 0 Å². The summed E-state index contributed by atoms with van der Waals surface area (Å²) in [5.74, 6) is 0.681. The van der Waals surface area contributed by atoms with Crippen molar-refractivity contribution in [2.45, 2.75) is 11.8 Å². The van der Waals surface area contributed by atoms with Gasteiger partial charge >= 0.3 is 0 Å². The van der Waals surface area contributed by atoms with E-state index in [0.29, 0.717) is 24.1 Å². The van der Waals surface area contributed by atoms with Crippen LogP contribution in [0.15, 0.2) is 16.6 Å². The summed E-state index contributed by atoms with van der Waals surface area (Å²) in [6.45, 7) is 0. The predicted molar refractivity (Wildman–Crippen MR) is 64.5 cm³/mol. The van der Waals surface area contributed by atoms with Gasteiger partial charge in [0.2, 0.25) is 0 Å². The van der Waals surface area contributed by atoms with E-state index in [4.69, 9.17) is 22.1 Å². The van der Waals surface area contributed by atoms with Crippen LogP contribution in [0.5, 0.6) is 5.75 Å². The van der Waals surface area contributed by atoms with Gasteiger partial charge in [-0.05, 0) is 40.0 Å². The average Bonchev–Trinajstić information content (AvgIpc) is 2.24. The Hall–Kier alpha value is -0.740. The highest BCUT2D eigenvalue weighted by Crippen LogP contribution is 2.30. The second-order valence-corrected chi connectivity index (χ2v) is 4.45. The number of aldehydes is 1. The van der Waals surface area contributed by atoms with E-state index >= 15 is 0 Å². The smallest absolute Gasteiger partial charge is 0.138 e. The number of carbonyl (C=O) groups excluding carboxylic acids is 1. The van der Waals surface area contributed by atoms with Crippen molar-refractivity contribution < 1.29 is 9.53 Å². The maximum Gasteiger partial charge on any atom is 0.138 e. The molecule has 0 radical (unpaired) electrons. The second kappa shape index (κ2) is 5.37. The van der Waals surface area contributed by atoms with E-state index in [2.05, 4.69) is 15.9 Å². The highest BCUT2D eigenvalue weighted by atomic mass is 79.9. The lowest BCUT2D eigenvalue weighted by atomic mass is 10.1. The molecule has 15 heavy (non-hydrogen) atoms. The van der Waals surface area contributed by atoms with Gasteiger partial charge in [0.25, 0.3) is 0 Å². The Labute approximate surface area is 102 Å². The third-order valence-corrected chi connectivity index (χ3v) is 2.90. The van der Waals surface area contributed by atoms with E-state index in [0.717, 1.165) is 10.0 Å². The maximum atomic E-state index is 10.4. The first-order valence-electron chi connectivity index (χ1n) is 4.29.